The van der Waals surface area contributed by atoms with E-state index in [9.17, 15) is 5.21 Å². The average Bonchev–Trinajstić information content (AvgIpc) is 2.75. The van der Waals surface area contributed by atoms with Crippen molar-refractivity contribution in [2.75, 3.05) is 20.8 Å². The van der Waals surface area contributed by atoms with Gasteiger partial charge in [0.15, 0.2) is 11.5 Å². The summed E-state index contributed by atoms with van der Waals surface area (Å²) in [5.74, 6) is 2.88. The summed E-state index contributed by atoms with van der Waals surface area (Å²) >= 11 is 0. The van der Waals surface area contributed by atoms with E-state index in [2.05, 4.69) is 5.16 Å². The van der Waals surface area contributed by atoms with E-state index in [-0.39, 0.29) is 12.0 Å². The molecule has 0 aliphatic carbocycles. The van der Waals surface area contributed by atoms with E-state index in [1.165, 1.54) is 0 Å². The minimum atomic E-state index is -0.394. The lowest BCUT2D eigenvalue weighted by molar-refractivity contribution is 0.0951. The normalized spacial score (nSPS) is 23.7. The molecule has 0 unspecified atom stereocenters. The molecule has 0 radical (unpaired) electrons. The molecule has 0 aromatic heterocycles. The minimum Gasteiger partial charge on any atom is -0.493 e. The first-order valence-electron chi connectivity index (χ1n) is 9.78. The van der Waals surface area contributed by atoms with Gasteiger partial charge in [0.2, 0.25) is 0 Å². The van der Waals surface area contributed by atoms with E-state index >= 15 is 0 Å². The van der Waals surface area contributed by atoms with Crippen LogP contribution in [0.1, 0.15) is 36.5 Å². The molecule has 0 saturated carbocycles. The van der Waals surface area contributed by atoms with Gasteiger partial charge in [-0.2, -0.15) is 0 Å². The van der Waals surface area contributed by atoms with Gasteiger partial charge in [-0.05, 0) is 44.2 Å². The number of oxime groups is 1. The fourth-order valence-electron chi connectivity index (χ4n) is 4.33. The second-order valence-corrected chi connectivity index (χ2v) is 8.07. The van der Waals surface area contributed by atoms with Gasteiger partial charge in [0, 0.05) is 17.2 Å². The van der Waals surface area contributed by atoms with Gasteiger partial charge < -0.3 is 28.9 Å². The van der Waals surface area contributed by atoms with Crippen molar-refractivity contribution in [2.24, 2.45) is 5.16 Å². The molecule has 0 fully saturated rings. The number of ether oxygens (including phenoxy) is 5. The van der Waals surface area contributed by atoms with E-state index in [1.807, 2.05) is 44.2 Å². The second kappa shape index (κ2) is 6.58. The zero-order valence-corrected chi connectivity index (χ0v) is 17.3. The summed E-state index contributed by atoms with van der Waals surface area (Å²) in [5, 5.41) is 13.7. The van der Waals surface area contributed by atoms with Crippen LogP contribution < -0.4 is 23.7 Å². The molecule has 156 valence electrons. The number of benzene rings is 2. The topological polar surface area (TPSA) is 78.7 Å². The summed E-state index contributed by atoms with van der Waals surface area (Å²) < 4.78 is 29.3. The number of rotatable bonds is 2. The molecule has 3 heterocycles. The largest absolute Gasteiger partial charge is 0.493 e. The van der Waals surface area contributed by atoms with Crippen molar-refractivity contribution in [2.45, 2.75) is 31.5 Å². The molecule has 5 rings (SSSR count). The van der Waals surface area contributed by atoms with Crippen molar-refractivity contribution in [3.63, 3.8) is 0 Å². The minimum absolute atomic E-state index is 0.311. The maximum atomic E-state index is 10.0. The summed E-state index contributed by atoms with van der Waals surface area (Å²) in [5.41, 5.74) is 2.53. The Morgan fingerprint density at radius 1 is 1.10 bits per heavy atom. The van der Waals surface area contributed by atoms with Crippen LogP contribution in [0.15, 0.2) is 35.5 Å². The fourth-order valence-corrected chi connectivity index (χ4v) is 4.33. The highest BCUT2D eigenvalue weighted by atomic mass is 16.5. The first-order chi connectivity index (χ1) is 14.5. The van der Waals surface area contributed by atoms with Crippen LogP contribution >= 0.6 is 0 Å². The van der Waals surface area contributed by atoms with E-state index in [4.69, 9.17) is 23.7 Å². The van der Waals surface area contributed by atoms with Crippen molar-refractivity contribution in [3.8, 4) is 28.7 Å². The summed E-state index contributed by atoms with van der Waals surface area (Å²) in [4.78, 5) is 0. The Balaban J connectivity index is 1.65. The van der Waals surface area contributed by atoms with Gasteiger partial charge in [0.05, 0.1) is 25.7 Å². The molecule has 2 aromatic carbocycles. The third-order valence-electron chi connectivity index (χ3n) is 5.75. The van der Waals surface area contributed by atoms with Crippen LogP contribution in [0.5, 0.6) is 28.7 Å². The molecule has 30 heavy (non-hydrogen) atoms. The van der Waals surface area contributed by atoms with Crippen molar-refractivity contribution in [3.05, 3.63) is 47.0 Å². The van der Waals surface area contributed by atoms with Crippen LogP contribution in [-0.2, 0) is 0 Å². The maximum Gasteiger partial charge on any atom is 0.164 e. The Morgan fingerprint density at radius 3 is 2.60 bits per heavy atom. The third-order valence-corrected chi connectivity index (χ3v) is 5.75. The SMILES string of the molecule is COc1cc2c(cc1OC)[C@@H]1C(=NO)c3ccc4c(c3O[C@@H]1CO2)C=CC(C)(C)O4. The molecule has 2 atom stereocenters. The maximum absolute atomic E-state index is 10.0. The lowest BCUT2D eigenvalue weighted by Gasteiger charge is -2.40. The zero-order valence-electron chi connectivity index (χ0n) is 17.3. The number of hydrogen-bond acceptors (Lipinski definition) is 7. The monoisotopic (exact) mass is 409 g/mol. The predicted molar refractivity (Wildman–Crippen MR) is 111 cm³/mol. The Bertz CT molecular complexity index is 1090. The van der Waals surface area contributed by atoms with Gasteiger partial charge in [-0.3, -0.25) is 0 Å². The number of hydrogen-bond donors (Lipinski definition) is 1. The third kappa shape index (κ3) is 2.69. The smallest absolute Gasteiger partial charge is 0.164 e. The molecular formula is C23H23NO6. The van der Waals surface area contributed by atoms with Crippen LogP contribution in [0.2, 0.25) is 0 Å². The number of nitrogens with zero attached hydrogens (tertiary/aromatic N) is 1. The van der Waals surface area contributed by atoms with Crippen molar-refractivity contribution in [1.82, 2.24) is 0 Å². The van der Waals surface area contributed by atoms with Crippen LogP contribution in [-0.4, -0.2) is 43.5 Å². The Hall–Kier alpha value is -3.35. The fraction of sp³-hybridized carbons (Fsp3) is 0.348. The Labute approximate surface area is 174 Å². The summed E-state index contributed by atoms with van der Waals surface area (Å²) in [7, 11) is 3.16. The lowest BCUT2D eigenvalue weighted by atomic mass is 9.80. The first-order valence-corrected chi connectivity index (χ1v) is 9.78. The predicted octanol–water partition coefficient (Wildman–Crippen LogP) is 4.00. The molecule has 7 heteroatoms. The van der Waals surface area contributed by atoms with Gasteiger partial charge in [-0.1, -0.05) is 5.16 Å². The lowest BCUT2D eigenvalue weighted by Crippen LogP contribution is -2.43. The van der Waals surface area contributed by atoms with Crippen LogP contribution in [0.25, 0.3) is 6.08 Å². The summed E-state index contributed by atoms with van der Waals surface area (Å²) in [6.45, 7) is 4.30. The highest BCUT2D eigenvalue weighted by Crippen LogP contribution is 2.49. The second-order valence-electron chi connectivity index (χ2n) is 8.07. The quantitative estimate of drug-likeness (QED) is 0.597. The number of methoxy groups -OCH3 is 2. The summed E-state index contributed by atoms with van der Waals surface area (Å²) in [6, 6.07) is 7.42. The number of fused-ring (bicyclic) bond motifs is 6. The van der Waals surface area contributed by atoms with Crippen LogP contribution in [0.3, 0.4) is 0 Å². The van der Waals surface area contributed by atoms with Gasteiger partial charge in [0.25, 0.3) is 0 Å². The molecule has 0 spiro atoms. The molecule has 2 aromatic rings. The van der Waals surface area contributed by atoms with Crippen LogP contribution in [0, 0.1) is 0 Å². The molecule has 0 saturated heterocycles. The van der Waals surface area contributed by atoms with E-state index < -0.39 is 5.60 Å². The molecular weight excluding hydrogens is 386 g/mol. The first kappa shape index (κ1) is 18.7. The van der Waals surface area contributed by atoms with E-state index in [0.29, 0.717) is 35.3 Å². The highest BCUT2D eigenvalue weighted by Gasteiger charge is 2.44. The molecule has 3 aliphatic heterocycles. The van der Waals surface area contributed by atoms with Gasteiger partial charge in [-0.25, -0.2) is 0 Å². The zero-order chi connectivity index (χ0) is 21.0. The summed E-state index contributed by atoms with van der Waals surface area (Å²) in [6.07, 6.45) is 3.63. The Kier molecular flexibility index (Phi) is 4.10. The molecule has 0 bridgehead atoms. The standard InChI is InChI=1S/C23H23NO6/c1-23(2)8-7-12-15(30-23)6-5-13-21(24-25)20-14-9-17(26-3)18(27-4)10-16(14)28-11-19(20)29-22(12)13/h5-10,19-20,25H,11H2,1-4H3/t19-,20+/m1/s1. The van der Waals surface area contributed by atoms with Crippen molar-refractivity contribution < 1.29 is 28.9 Å². The molecule has 7 nitrogen and oxygen atoms in total. The molecule has 0 amide bonds. The highest BCUT2D eigenvalue weighted by molar-refractivity contribution is 6.09. The average molecular weight is 409 g/mol. The molecule has 1 N–H and O–H groups in total. The van der Waals surface area contributed by atoms with Crippen LogP contribution in [0.4, 0.5) is 0 Å². The van der Waals surface area contributed by atoms with Gasteiger partial charge in [-0.15, -0.1) is 0 Å². The van der Waals surface area contributed by atoms with Crippen molar-refractivity contribution >= 4 is 11.8 Å². The van der Waals surface area contributed by atoms with E-state index in [1.54, 1.807) is 20.3 Å². The van der Waals surface area contributed by atoms with Gasteiger partial charge >= 0.3 is 0 Å². The van der Waals surface area contributed by atoms with E-state index in [0.717, 1.165) is 22.4 Å². The Morgan fingerprint density at radius 2 is 1.87 bits per heavy atom. The molecule has 3 aliphatic rings. The van der Waals surface area contributed by atoms with Gasteiger partial charge in [0.1, 0.15) is 41.3 Å². The van der Waals surface area contributed by atoms with Crippen molar-refractivity contribution in [1.29, 1.82) is 0 Å².